The number of hydrogen-bond donors (Lipinski definition) is 3. The maximum atomic E-state index is 12.2. The summed E-state index contributed by atoms with van der Waals surface area (Å²) in [4.78, 5) is 9.95. The van der Waals surface area contributed by atoms with Crippen molar-refractivity contribution in [2.75, 3.05) is 26.9 Å². The molecule has 3 N–H and O–H groups in total. The van der Waals surface area contributed by atoms with Gasteiger partial charge in [-0.1, -0.05) is 0 Å². The lowest BCUT2D eigenvalue weighted by Gasteiger charge is -2.25. The molecular weight excluding hydrogens is 369 g/mol. The molecule has 3 unspecified atom stereocenters. The van der Waals surface area contributed by atoms with E-state index in [0.29, 0.717) is 0 Å². The van der Waals surface area contributed by atoms with Crippen LogP contribution >= 0.6 is 7.82 Å². The summed E-state index contributed by atoms with van der Waals surface area (Å²) in [5, 5.41) is 19.9. The van der Waals surface area contributed by atoms with Crippen LogP contribution in [0.25, 0.3) is 0 Å². The minimum absolute atomic E-state index is 0.00533. The quantitative estimate of drug-likeness (QED) is 0.300. The molecule has 0 aromatic carbocycles. The van der Waals surface area contributed by atoms with E-state index in [4.69, 9.17) is 43.7 Å². The van der Waals surface area contributed by atoms with E-state index in [-0.39, 0.29) is 13.2 Å². The Morgan fingerprint density at radius 1 is 1.04 bits per heavy atom. The Hall–Kier alpha value is -0.000130. The summed E-state index contributed by atoms with van der Waals surface area (Å²) in [7, 11) is 7.94. The predicted molar refractivity (Wildman–Crippen MR) is 88.8 cm³/mol. The van der Waals surface area contributed by atoms with Crippen molar-refractivity contribution in [2.45, 2.75) is 55.6 Å². The highest BCUT2D eigenvalue weighted by molar-refractivity contribution is 7.47. The molecule has 0 aliphatic carbocycles. The van der Waals surface area contributed by atoms with Crippen molar-refractivity contribution in [2.24, 2.45) is 0 Å². The number of aliphatic hydroxyl groups is 2. The first-order chi connectivity index (χ1) is 12.2. The molecule has 2 saturated heterocycles. The Balaban J connectivity index is 1.94. The number of hydrogen-bond acceptors (Lipinski definition) is 9. The number of phosphoric acid groups is 1. The zero-order chi connectivity index (χ0) is 19.5. The van der Waals surface area contributed by atoms with Gasteiger partial charge in [0.1, 0.15) is 52.3 Å². The second-order valence-electron chi connectivity index (χ2n) is 5.97. The Bertz CT molecular complexity index is 500. The molecule has 2 aliphatic heterocycles. The standard InChI is InChI=1S/C13H23B2O10P/c1-3-21-10-7(24-12(14)8(10)16)5-22-26(18,19)25-11-6(4-20-2)23-13(15)9(11)17/h6-13,16-17H,3-5H2,1-2H3,(H,18,19)/t6-,7-,8?,9?,10+,11+,12-,13-/m1/s1. The van der Waals surface area contributed by atoms with E-state index in [1.165, 1.54) is 7.11 Å². The zero-order valence-electron chi connectivity index (χ0n) is 14.5. The minimum Gasteiger partial charge on any atom is -0.388 e. The summed E-state index contributed by atoms with van der Waals surface area (Å²) < 4.78 is 42.9. The fourth-order valence-electron chi connectivity index (χ4n) is 2.85. The van der Waals surface area contributed by atoms with Crippen molar-refractivity contribution >= 4 is 23.5 Å². The number of ether oxygens (including phenoxy) is 4. The topological polar surface area (TPSA) is 133 Å². The SMILES string of the molecule is [B][C@@H]1O[C@H](COP(=O)(O)O[C@@H]2C(O)[C@H]([B])O[C@@H]2COC)[C@H](OCC)C1O. The van der Waals surface area contributed by atoms with E-state index in [1.807, 2.05) is 0 Å². The molecule has 2 heterocycles. The summed E-state index contributed by atoms with van der Waals surface area (Å²) in [6.45, 7) is 1.57. The first kappa shape index (κ1) is 22.3. The van der Waals surface area contributed by atoms with Crippen molar-refractivity contribution in [1.82, 2.24) is 0 Å². The third-order valence-electron chi connectivity index (χ3n) is 4.09. The fraction of sp³-hybridized carbons (Fsp3) is 1.00. The van der Waals surface area contributed by atoms with Gasteiger partial charge in [-0.15, -0.1) is 0 Å². The highest BCUT2D eigenvalue weighted by Gasteiger charge is 2.47. The lowest BCUT2D eigenvalue weighted by atomic mass is 9.93. The molecule has 2 aliphatic rings. The summed E-state index contributed by atoms with van der Waals surface area (Å²) in [5.41, 5.74) is 0. The van der Waals surface area contributed by atoms with Crippen molar-refractivity contribution in [3.05, 3.63) is 0 Å². The first-order valence-electron chi connectivity index (χ1n) is 8.14. The third kappa shape index (κ3) is 5.29. The largest absolute Gasteiger partial charge is 0.472 e. The Morgan fingerprint density at radius 2 is 1.58 bits per heavy atom. The van der Waals surface area contributed by atoms with E-state index in [0.717, 1.165) is 0 Å². The van der Waals surface area contributed by atoms with Gasteiger partial charge >= 0.3 is 7.82 Å². The van der Waals surface area contributed by atoms with Gasteiger partial charge in [0.25, 0.3) is 0 Å². The van der Waals surface area contributed by atoms with Crippen LogP contribution < -0.4 is 0 Å². The molecule has 13 heteroatoms. The van der Waals surface area contributed by atoms with E-state index in [1.54, 1.807) is 6.92 Å². The molecule has 2 rings (SSSR count). The lowest BCUT2D eigenvalue weighted by Crippen LogP contribution is -2.38. The molecule has 0 spiro atoms. The smallest absolute Gasteiger partial charge is 0.388 e. The maximum Gasteiger partial charge on any atom is 0.472 e. The summed E-state index contributed by atoms with van der Waals surface area (Å²) >= 11 is 0. The fourth-order valence-corrected chi connectivity index (χ4v) is 3.81. The number of rotatable bonds is 9. The normalized spacial score (nSPS) is 42.8. The van der Waals surface area contributed by atoms with Gasteiger partial charge < -0.3 is 34.1 Å². The molecule has 146 valence electrons. The van der Waals surface area contributed by atoms with Gasteiger partial charge in [-0.3, -0.25) is 9.05 Å². The van der Waals surface area contributed by atoms with Crippen LogP contribution in [0, 0.1) is 0 Å². The molecule has 26 heavy (non-hydrogen) atoms. The van der Waals surface area contributed by atoms with Crippen molar-refractivity contribution < 1.29 is 47.7 Å². The third-order valence-corrected chi connectivity index (χ3v) is 5.08. The second-order valence-corrected chi connectivity index (χ2v) is 7.38. The zero-order valence-corrected chi connectivity index (χ0v) is 15.4. The van der Waals surface area contributed by atoms with Gasteiger partial charge in [0, 0.05) is 25.7 Å². The Morgan fingerprint density at radius 3 is 2.12 bits per heavy atom. The van der Waals surface area contributed by atoms with Crippen LogP contribution in [0.15, 0.2) is 0 Å². The molecule has 4 radical (unpaired) electrons. The Labute approximate surface area is 154 Å². The average molecular weight is 392 g/mol. The first-order valence-corrected chi connectivity index (χ1v) is 9.64. The van der Waals surface area contributed by atoms with Crippen molar-refractivity contribution in [3.63, 3.8) is 0 Å². The number of phosphoric ester groups is 1. The Kier molecular flexibility index (Phi) is 8.12. The number of aliphatic hydroxyl groups excluding tert-OH is 2. The van der Waals surface area contributed by atoms with Gasteiger partial charge in [-0.25, -0.2) is 4.57 Å². The lowest BCUT2D eigenvalue weighted by molar-refractivity contribution is -0.0561. The van der Waals surface area contributed by atoms with Crippen molar-refractivity contribution in [3.8, 4) is 0 Å². The molecule has 10 nitrogen and oxygen atoms in total. The number of methoxy groups -OCH3 is 1. The van der Waals surface area contributed by atoms with Crippen LogP contribution in [0.3, 0.4) is 0 Å². The summed E-state index contributed by atoms with van der Waals surface area (Å²) in [6, 6.07) is -2.10. The predicted octanol–water partition coefficient (Wildman–Crippen LogP) is -1.95. The van der Waals surface area contributed by atoms with E-state index in [2.05, 4.69) is 0 Å². The van der Waals surface area contributed by atoms with Crippen LogP contribution in [0.5, 0.6) is 0 Å². The molecule has 0 aromatic heterocycles. The van der Waals surface area contributed by atoms with E-state index < -0.39 is 63.1 Å². The molecule has 2 fully saturated rings. The van der Waals surface area contributed by atoms with Crippen LogP contribution in [0.1, 0.15) is 6.92 Å². The molecule has 0 bridgehead atoms. The maximum absolute atomic E-state index is 12.2. The van der Waals surface area contributed by atoms with Gasteiger partial charge in [0.05, 0.1) is 13.2 Å². The average Bonchev–Trinajstić information content (AvgIpc) is 2.98. The van der Waals surface area contributed by atoms with Crippen LogP contribution in [-0.4, -0.2) is 106 Å². The van der Waals surface area contributed by atoms with Gasteiger partial charge in [-0.2, -0.15) is 0 Å². The molecule has 0 amide bonds. The highest BCUT2D eigenvalue weighted by Crippen LogP contribution is 2.47. The molecule has 0 saturated carbocycles. The van der Waals surface area contributed by atoms with Gasteiger partial charge in [0.15, 0.2) is 0 Å². The highest BCUT2D eigenvalue weighted by atomic mass is 31.2. The van der Waals surface area contributed by atoms with E-state index in [9.17, 15) is 19.7 Å². The van der Waals surface area contributed by atoms with Gasteiger partial charge in [0.2, 0.25) is 0 Å². The van der Waals surface area contributed by atoms with Crippen molar-refractivity contribution in [1.29, 1.82) is 0 Å². The van der Waals surface area contributed by atoms with Gasteiger partial charge in [-0.05, 0) is 6.92 Å². The van der Waals surface area contributed by atoms with Crippen LogP contribution in [0.4, 0.5) is 0 Å². The van der Waals surface area contributed by atoms with Crippen LogP contribution in [-0.2, 0) is 32.6 Å². The monoisotopic (exact) mass is 392 g/mol. The molecular formula is C13H23B2O10P. The minimum atomic E-state index is -4.61. The van der Waals surface area contributed by atoms with E-state index >= 15 is 0 Å². The second kappa shape index (κ2) is 9.47. The summed E-state index contributed by atoms with van der Waals surface area (Å²) in [5.74, 6) is 0. The molecule has 9 atom stereocenters. The summed E-state index contributed by atoms with van der Waals surface area (Å²) in [6.07, 6.45) is -6.19. The molecule has 0 aromatic rings. The van der Waals surface area contributed by atoms with Crippen LogP contribution in [0.2, 0.25) is 0 Å².